The van der Waals surface area contributed by atoms with Gasteiger partial charge in [-0.1, -0.05) is 26.7 Å². The Morgan fingerprint density at radius 3 is 2.91 bits per heavy atom. The number of H-pyrrole nitrogens is 1. The Morgan fingerprint density at radius 1 is 1.39 bits per heavy atom. The molecule has 0 spiro atoms. The number of fused-ring (bicyclic) bond motifs is 1. The zero-order chi connectivity index (χ0) is 16.6. The van der Waals surface area contributed by atoms with E-state index in [0.717, 1.165) is 12.8 Å². The summed E-state index contributed by atoms with van der Waals surface area (Å²) in [4.78, 5) is 23.0. The molecular formula is C16H20N4O3. The van der Waals surface area contributed by atoms with Crippen molar-refractivity contribution in [3.8, 4) is 0 Å². The van der Waals surface area contributed by atoms with E-state index in [2.05, 4.69) is 29.4 Å². The number of amides is 1. The van der Waals surface area contributed by atoms with E-state index in [-0.39, 0.29) is 23.3 Å². The molecule has 0 saturated heterocycles. The number of nitro groups is 1. The Kier molecular flexibility index (Phi) is 4.02. The van der Waals surface area contributed by atoms with Crippen molar-refractivity contribution in [1.29, 1.82) is 0 Å². The third-order valence-electron chi connectivity index (χ3n) is 5.00. The summed E-state index contributed by atoms with van der Waals surface area (Å²) in [5, 5.41) is 21.3. The lowest BCUT2D eigenvalue weighted by Gasteiger charge is -2.34. The highest BCUT2D eigenvalue weighted by Gasteiger charge is 2.29. The minimum atomic E-state index is -0.473. The predicted octanol–water partition coefficient (Wildman–Crippen LogP) is 3.03. The predicted molar refractivity (Wildman–Crippen MR) is 86.2 cm³/mol. The fourth-order valence-electron chi connectivity index (χ4n) is 3.31. The highest BCUT2D eigenvalue weighted by molar-refractivity contribution is 6.05. The normalized spacial score (nSPS) is 24.5. The first-order valence-electron chi connectivity index (χ1n) is 7.90. The summed E-state index contributed by atoms with van der Waals surface area (Å²) in [5.74, 6) is 0.709. The van der Waals surface area contributed by atoms with Crippen LogP contribution in [0.3, 0.4) is 0 Å². The molecule has 0 radical (unpaired) electrons. The van der Waals surface area contributed by atoms with Crippen LogP contribution < -0.4 is 5.32 Å². The number of aromatic nitrogens is 2. The van der Waals surface area contributed by atoms with Crippen LogP contribution in [0.25, 0.3) is 10.9 Å². The average Bonchev–Trinajstić information content (AvgIpc) is 2.94. The number of nitro benzene ring substituents is 1. The third kappa shape index (κ3) is 2.91. The summed E-state index contributed by atoms with van der Waals surface area (Å²) in [5.41, 5.74) is 0.785. The first kappa shape index (κ1) is 15.5. The molecule has 2 aromatic rings. The van der Waals surface area contributed by atoms with Crippen LogP contribution >= 0.6 is 0 Å². The summed E-state index contributed by atoms with van der Waals surface area (Å²) in [6, 6.07) is 4.48. The molecule has 3 rings (SSSR count). The first-order chi connectivity index (χ1) is 11.0. The summed E-state index contributed by atoms with van der Waals surface area (Å²) in [7, 11) is 0. The van der Waals surface area contributed by atoms with Gasteiger partial charge in [-0.15, -0.1) is 0 Å². The molecule has 1 fully saturated rings. The molecule has 2 N–H and O–H groups in total. The summed E-state index contributed by atoms with van der Waals surface area (Å²) in [6.07, 6.45) is 3.24. The highest BCUT2D eigenvalue weighted by Crippen LogP contribution is 2.30. The van der Waals surface area contributed by atoms with Gasteiger partial charge < -0.3 is 5.32 Å². The van der Waals surface area contributed by atoms with Crippen LogP contribution in [0.1, 0.15) is 43.6 Å². The van der Waals surface area contributed by atoms with Crippen molar-refractivity contribution in [1.82, 2.24) is 15.5 Å². The molecule has 1 aliphatic carbocycles. The Balaban J connectivity index is 1.86. The van der Waals surface area contributed by atoms with Crippen molar-refractivity contribution >= 4 is 22.5 Å². The van der Waals surface area contributed by atoms with Gasteiger partial charge >= 0.3 is 0 Å². The standard InChI is InChI=1S/C16H20N4O3/c1-9-4-3-5-13(10(9)2)17-16(21)15-12-8-11(20(22)23)6-7-14(12)18-19-15/h6-10,13H,3-5H2,1-2H3,(H,17,21)(H,18,19). The van der Waals surface area contributed by atoms with E-state index in [1.54, 1.807) is 6.07 Å². The molecule has 0 aliphatic heterocycles. The van der Waals surface area contributed by atoms with Crippen LogP contribution in [0.2, 0.25) is 0 Å². The fraction of sp³-hybridized carbons (Fsp3) is 0.500. The largest absolute Gasteiger partial charge is 0.348 e. The number of hydrogen-bond acceptors (Lipinski definition) is 4. The van der Waals surface area contributed by atoms with Gasteiger partial charge in [0.1, 0.15) is 0 Å². The molecule has 1 heterocycles. The minimum absolute atomic E-state index is 0.0485. The molecule has 1 aromatic carbocycles. The summed E-state index contributed by atoms with van der Waals surface area (Å²) >= 11 is 0. The van der Waals surface area contributed by atoms with Crippen LogP contribution in [-0.2, 0) is 0 Å². The van der Waals surface area contributed by atoms with Crippen LogP contribution in [0.5, 0.6) is 0 Å². The highest BCUT2D eigenvalue weighted by atomic mass is 16.6. The molecule has 23 heavy (non-hydrogen) atoms. The van der Waals surface area contributed by atoms with E-state index in [1.807, 2.05) is 0 Å². The van der Waals surface area contributed by atoms with Crippen LogP contribution in [0.4, 0.5) is 5.69 Å². The van der Waals surface area contributed by atoms with Gasteiger partial charge in [-0.05, 0) is 24.3 Å². The van der Waals surface area contributed by atoms with Crippen LogP contribution in [0, 0.1) is 22.0 Å². The summed E-state index contributed by atoms with van der Waals surface area (Å²) < 4.78 is 0. The average molecular weight is 316 g/mol. The number of aromatic amines is 1. The van der Waals surface area contributed by atoms with E-state index >= 15 is 0 Å². The van der Waals surface area contributed by atoms with E-state index in [1.165, 1.54) is 18.6 Å². The number of rotatable bonds is 3. The van der Waals surface area contributed by atoms with Gasteiger partial charge in [0.15, 0.2) is 5.69 Å². The smallest absolute Gasteiger partial charge is 0.272 e. The topological polar surface area (TPSA) is 101 Å². The fourth-order valence-corrected chi connectivity index (χ4v) is 3.31. The van der Waals surface area contributed by atoms with Crippen molar-refractivity contribution in [3.05, 3.63) is 34.0 Å². The van der Waals surface area contributed by atoms with Gasteiger partial charge in [-0.25, -0.2) is 0 Å². The van der Waals surface area contributed by atoms with Crippen molar-refractivity contribution in [3.63, 3.8) is 0 Å². The van der Waals surface area contributed by atoms with Gasteiger partial charge in [0, 0.05) is 23.6 Å². The van der Waals surface area contributed by atoms with Gasteiger partial charge in [0.05, 0.1) is 10.4 Å². The molecule has 1 aliphatic rings. The van der Waals surface area contributed by atoms with E-state index in [4.69, 9.17) is 0 Å². The lowest BCUT2D eigenvalue weighted by Crippen LogP contribution is -2.43. The maximum absolute atomic E-state index is 12.6. The number of carbonyl (C=O) groups is 1. The molecular weight excluding hydrogens is 296 g/mol. The molecule has 3 unspecified atom stereocenters. The van der Waals surface area contributed by atoms with Gasteiger partial charge in [0.2, 0.25) is 0 Å². The zero-order valence-corrected chi connectivity index (χ0v) is 13.2. The van der Waals surface area contributed by atoms with E-state index in [0.29, 0.717) is 22.7 Å². The number of non-ortho nitro benzene ring substituents is 1. The molecule has 7 nitrogen and oxygen atoms in total. The van der Waals surface area contributed by atoms with E-state index < -0.39 is 4.92 Å². The van der Waals surface area contributed by atoms with Crippen LogP contribution in [-0.4, -0.2) is 27.1 Å². The Morgan fingerprint density at radius 2 is 2.17 bits per heavy atom. The molecule has 3 atom stereocenters. The summed E-state index contributed by atoms with van der Waals surface area (Å²) in [6.45, 7) is 4.36. The first-order valence-corrected chi connectivity index (χ1v) is 7.90. The van der Waals surface area contributed by atoms with Crippen molar-refractivity contribution in [2.24, 2.45) is 11.8 Å². The van der Waals surface area contributed by atoms with Crippen molar-refractivity contribution in [2.75, 3.05) is 0 Å². The van der Waals surface area contributed by atoms with Gasteiger partial charge in [0.25, 0.3) is 11.6 Å². The van der Waals surface area contributed by atoms with Gasteiger partial charge in [-0.2, -0.15) is 5.10 Å². The molecule has 7 heteroatoms. The lowest BCUT2D eigenvalue weighted by atomic mass is 9.78. The number of nitrogens with one attached hydrogen (secondary N) is 2. The SMILES string of the molecule is CC1CCCC(NC(=O)c2n[nH]c3ccc([N+](=O)[O-])cc23)C1C. The Labute approximate surface area is 133 Å². The minimum Gasteiger partial charge on any atom is -0.348 e. The second-order valence-corrected chi connectivity index (χ2v) is 6.41. The molecule has 1 saturated carbocycles. The zero-order valence-electron chi connectivity index (χ0n) is 13.2. The maximum atomic E-state index is 12.6. The molecule has 1 aromatic heterocycles. The van der Waals surface area contributed by atoms with Crippen molar-refractivity contribution in [2.45, 2.75) is 39.2 Å². The monoisotopic (exact) mass is 316 g/mol. The van der Waals surface area contributed by atoms with Crippen LogP contribution in [0.15, 0.2) is 18.2 Å². The number of benzene rings is 1. The van der Waals surface area contributed by atoms with Gasteiger partial charge in [-0.3, -0.25) is 20.0 Å². The molecule has 122 valence electrons. The second-order valence-electron chi connectivity index (χ2n) is 6.41. The lowest BCUT2D eigenvalue weighted by molar-refractivity contribution is -0.384. The van der Waals surface area contributed by atoms with Crippen molar-refractivity contribution < 1.29 is 9.72 Å². The number of nitrogens with zero attached hydrogens (tertiary/aromatic N) is 2. The third-order valence-corrected chi connectivity index (χ3v) is 5.00. The molecule has 0 bridgehead atoms. The van der Waals surface area contributed by atoms with E-state index in [9.17, 15) is 14.9 Å². The second kappa shape index (κ2) is 5.98. The number of carbonyl (C=O) groups excluding carboxylic acids is 1. The Bertz CT molecular complexity index is 755. The number of hydrogen-bond donors (Lipinski definition) is 2. The quantitative estimate of drug-likeness (QED) is 0.671. The maximum Gasteiger partial charge on any atom is 0.272 e. The Hall–Kier alpha value is -2.44. The molecule has 1 amide bonds.